The Balaban J connectivity index is 1.68. The highest BCUT2D eigenvalue weighted by Crippen LogP contribution is 2.18. The van der Waals surface area contributed by atoms with Gasteiger partial charge in [0.1, 0.15) is 11.1 Å². The van der Waals surface area contributed by atoms with E-state index in [0.29, 0.717) is 29.8 Å². The van der Waals surface area contributed by atoms with Gasteiger partial charge in [0.2, 0.25) is 11.0 Å². The molecule has 2 aromatic rings. The van der Waals surface area contributed by atoms with Crippen LogP contribution in [0, 0.1) is 6.92 Å². The van der Waals surface area contributed by atoms with Crippen LogP contribution < -0.4 is 10.1 Å². The standard InChI is InChI=1S/C13H14N4O3S/c1-8-16-17-13(21-8)15-12(18)9-2-4-14-11(6-9)20-10-3-5-19-7-10/h2,4,6,10H,3,5,7H2,1H3,(H,15,17,18)/t10-/m1/s1. The van der Waals surface area contributed by atoms with Crippen LogP contribution in [-0.4, -0.2) is 40.4 Å². The van der Waals surface area contributed by atoms with Crippen LogP contribution in [0.25, 0.3) is 0 Å². The van der Waals surface area contributed by atoms with Crippen molar-refractivity contribution in [3.05, 3.63) is 28.9 Å². The maximum Gasteiger partial charge on any atom is 0.257 e. The number of amides is 1. The third kappa shape index (κ3) is 3.53. The number of aromatic nitrogens is 3. The second-order valence-corrected chi connectivity index (χ2v) is 5.75. The number of ether oxygens (including phenoxy) is 2. The van der Waals surface area contributed by atoms with E-state index in [0.717, 1.165) is 11.4 Å². The number of aryl methyl sites for hydroxylation is 1. The van der Waals surface area contributed by atoms with Crippen LogP contribution in [0.5, 0.6) is 5.88 Å². The normalized spacial score (nSPS) is 17.7. The predicted molar refractivity (Wildman–Crippen MR) is 76.7 cm³/mol. The molecule has 0 spiro atoms. The summed E-state index contributed by atoms with van der Waals surface area (Å²) >= 11 is 1.32. The molecule has 1 aliphatic heterocycles. The third-order valence-electron chi connectivity index (χ3n) is 2.92. The maximum absolute atomic E-state index is 12.1. The van der Waals surface area contributed by atoms with Crippen LogP contribution >= 0.6 is 11.3 Å². The van der Waals surface area contributed by atoms with Crippen molar-refractivity contribution in [2.24, 2.45) is 0 Å². The zero-order valence-corrected chi connectivity index (χ0v) is 12.2. The number of pyridine rings is 1. The Bertz CT molecular complexity index is 640. The number of nitrogens with one attached hydrogen (secondary N) is 1. The molecule has 1 atom stereocenters. The van der Waals surface area contributed by atoms with Crippen molar-refractivity contribution in [3.8, 4) is 5.88 Å². The highest BCUT2D eigenvalue weighted by Gasteiger charge is 2.18. The van der Waals surface area contributed by atoms with Crippen LogP contribution in [0.3, 0.4) is 0 Å². The maximum atomic E-state index is 12.1. The molecule has 1 N–H and O–H groups in total. The van der Waals surface area contributed by atoms with Gasteiger partial charge in [-0.2, -0.15) is 0 Å². The van der Waals surface area contributed by atoms with E-state index in [2.05, 4.69) is 20.5 Å². The minimum Gasteiger partial charge on any atom is -0.472 e. The number of anilines is 1. The molecule has 8 heteroatoms. The van der Waals surface area contributed by atoms with Crippen molar-refractivity contribution in [3.63, 3.8) is 0 Å². The molecule has 2 aromatic heterocycles. The van der Waals surface area contributed by atoms with Gasteiger partial charge in [-0.25, -0.2) is 4.98 Å². The Labute approximate surface area is 125 Å². The van der Waals surface area contributed by atoms with Crippen LogP contribution in [0.15, 0.2) is 18.3 Å². The Kier molecular flexibility index (Phi) is 4.07. The summed E-state index contributed by atoms with van der Waals surface area (Å²) in [7, 11) is 0. The fraction of sp³-hybridized carbons (Fsp3) is 0.385. The monoisotopic (exact) mass is 306 g/mol. The molecule has 1 aliphatic rings. The van der Waals surface area contributed by atoms with Gasteiger partial charge >= 0.3 is 0 Å². The highest BCUT2D eigenvalue weighted by molar-refractivity contribution is 7.15. The Morgan fingerprint density at radius 1 is 1.52 bits per heavy atom. The molecule has 0 aromatic carbocycles. The first kappa shape index (κ1) is 13.9. The molecular formula is C13H14N4O3S. The number of carbonyl (C=O) groups excluding carboxylic acids is 1. The summed E-state index contributed by atoms with van der Waals surface area (Å²) in [5.74, 6) is 0.160. The fourth-order valence-corrected chi connectivity index (χ4v) is 2.49. The summed E-state index contributed by atoms with van der Waals surface area (Å²) in [5, 5.41) is 11.7. The molecule has 3 rings (SSSR count). The van der Waals surface area contributed by atoms with Crippen LogP contribution in [-0.2, 0) is 4.74 Å². The largest absolute Gasteiger partial charge is 0.472 e. The van der Waals surface area contributed by atoms with Crippen molar-refractivity contribution in [2.75, 3.05) is 18.5 Å². The van der Waals surface area contributed by atoms with Crippen LogP contribution in [0.2, 0.25) is 0 Å². The van der Waals surface area contributed by atoms with E-state index in [9.17, 15) is 4.79 Å². The van der Waals surface area contributed by atoms with Gasteiger partial charge in [-0.15, -0.1) is 10.2 Å². The van der Waals surface area contributed by atoms with E-state index in [1.165, 1.54) is 11.3 Å². The molecular weight excluding hydrogens is 292 g/mol. The zero-order valence-electron chi connectivity index (χ0n) is 11.4. The minimum atomic E-state index is -0.263. The molecule has 21 heavy (non-hydrogen) atoms. The molecule has 110 valence electrons. The second-order valence-electron chi connectivity index (χ2n) is 4.57. The van der Waals surface area contributed by atoms with Crippen LogP contribution in [0.4, 0.5) is 5.13 Å². The highest BCUT2D eigenvalue weighted by atomic mass is 32.1. The summed E-state index contributed by atoms with van der Waals surface area (Å²) < 4.78 is 10.9. The fourth-order valence-electron chi connectivity index (χ4n) is 1.91. The van der Waals surface area contributed by atoms with Crippen molar-refractivity contribution < 1.29 is 14.3 Å². The van der Waals surface area contributed by atoms with Crippen LogP contribution in [0.1, 0.15) is 21.8 Å². The summed E-state index contributed by atoms with van der Waals surface area (Å²) in [6.07, 6.45) is 2.38. The topological polar surface area (TPSA) is 86.2 Å². The van der Waals surface area contributed by atoms with Crippen molar-refractivity contribution in [1.29, 1.82) is 0 Å². The number of hydrogen-bond acceptors (Lipinski definition) is 7. The van der Waals surface area contributed by atoms with E-state index in [4.69, 9.17) is 9.47 Å². The van der Waals surface area contributed by atoms with Gasteiger partial charge < -0.3 is 9.47 Å². The Morgan fingerprint density at radius 3 is 3.14 bits per heavy atom. The Morgan fingerprint density at radius 2 is 2.43 bits per heavy atom. The van der Waals surface area contributed by atoms with Gasteiger partial charge in [0.15, 0.2) is 0 Å². The molecule has 0 aliphatic carbocycles. The van der Waals surface area contributed by atoms with E-state index in [1.807, 2.05) is 6.92 Å². The summed E-state index contributed by atoms with van der Waals surface area (Å²) in [6, 6.07) is 3.24. The lowest BCUT2D eigenvalue weighted by Gasteiger charge is -2.11. The average Bonchev–Trinajstić information content (AvgIpc) is 3.11. The second kappa shape index (κ2) is 6.15. The third-order valence-corrected chi connectivity index (χ3v) is 3.67. The summed E-state index contributed by atoms with van der Waals surface area (Å²) in [5.41, 5.74) is 0.465. The van der Waals surface area contributed by atoms with Crippen molar-refractivity contribution in [2.45, 2.75) is 19.4 Å². The number of hydrogen-bond donors (Lipinski definition) is 1. The molecule has 1 amide bonds. The van der Waals surface area contributed by atoms with Gasteiger partial charge in [-0.3, -0.25) is 10.1 Å². The SMILES string of the molecule is Cc1nnc(NC(=O)c2ccnc(O[C@@H]3CCOC3)c2)s1. The van der Waals surface area contributed by atoms with Crippen molar-refractivity contribution >= 4 is 22.4 Å². The molecule has 0 unspecified atom stereocenters. The Hall–Kier alpha value is -2.06. The van der Waals surface area contributed by atoms with Gasteiger partial charge in [0, 0.05) is 24.2 Å². The van der Waals surface area contributed by atoms with E-state index < -0.39 is 0 Å². The van der Waals surface area contributed by atoms with Gasteiger partial charge in [0.25, 0.3) is 5.91 Å². The van der Waals surface area contributed by atoms with Crippen molar-refractivity contribution in [1.82, 2.24) is 15.2 Å². The molecule has 7 nitrogen and oxygen atoms in total. The lowest BCUT2D eigenvalue weighted by Crippen LogP contribution is -2.17. The van der Waals surface area contributed by atoms with E-state index in [-0.39, 0.29) is 12.0 Å². The lowest BCUT2D eigenvalue weighted by atomic mass is 10.2. The lowest BCUT2D eigenvalue weighted by molar-refractivity contribution is 0.102. The smallest absolute Gasteiger partial charge is 0.257 e. The molecule has 3 heterocycles. The quantitative estimate of drug-likeness (QED) is 0.924. The molecule has 0 bridgehead atoms. The summed E-state index contributed by atoms with van der Waals surface area (Å²) in [4.78, 5) is 16.2. The first-order valence-electron chi connectivity index (χ1n) is 6.52. The number of rotatable bonds is 4. The predicted octanol–water partition coefficient (Wildman–Crippen LogP) is 1.66. The molecule has 1 saturated heterocycles. The minimum absolute atomic E-state index is 0.00150. The molecule has 1 fully saturated rings. The zero-order chi connectivity index (χ0) is 14.7. The van der Waals surface area contributed by atoms with E-state index in [1.54, 1.807) is 18.3 Å². The van der Waals surface area contributed by atoms with Gasteiger partial charge in [-0.05, 0) is 13.0 Å². The molecule has 0 radical (unpaired) electrons. The van der Waals surface area contributed by atoms with E-state index >= 15 is 0 Å². The van der Waals surface area contributed by atoms with Gasteiger partial charge in [0.05, 0.1) is 13.2 Å². The number of nitrogens with zero attached hydrogens (tertiary/aromatic N) is 3. The number of carbonyl (C=O) groups is 1. The molecule has 0 saturated carbocycles. The summed E-state index contributed by atoms with van der Waals surface area (Å²) in [6.45, 7) is 3.08. The van der Waals surface area contributed by atoms with Gasteiger partial charge in [-0.1, -0.05) is 11.3 Å². The average molecular weight is 306 g/mol. The first-order valence-corrected chi connectivity index (χ1v) is 7.34. The first-order chi connectivity index (χ1) is 10.2.